The van der Waals surface area contributed by atoms with E-state index in [0.717, 1.165) is 63.0 Å². The van der Waals surface area contributed by atoms with Crippen molar-refractivity contribution in [3.63, 3.8) is 0 Å². The van der Waals surface area contributed by atoms with Crippen molar-refractivity contribution in [1.82, 2.24) is 24.8 Å². The predicted molar refractivity (Wildman–Crippen MR) is 153 cm³/mol. The zero-order valence-corrected chi connectivity index (χ0v) is 25.7. The molecular formula is C29H55N7. The van der Waals surface area contributed by atoms with Crippen LogP contribution in [0.1, 0.15) is 108 Å². The first-order valence-electron chi connectivity index (χ1n) is 14.3. The van der Waals surface area contributed by atoms with Gasteiger partial charge in [-0.15, -0.1) is 0 Å². The zero-order chi connectivity index (χ0) is 27.3. The standard InChI is InChI=1S/C29H55N7/c1-14-34(22-17-26(5,6)33(13)27(7,8)18-22)24-30-21(4)31-25(32-24)35(15-2)23-19-28(9,10)36(16-3)29(11,12)20-23/h22-23H,14-20H2,1-13H3. The highest BCUT2D eigenvalue weighted by Crippen LogP contribution is 2.42. The second-order valence-electron chi connectivity index (χ2n) is 13.7. The molecule has 2 aliphatic rings. The van der Waals surface area contributed by atoms with E-state index in [9.17, 15) is 0 Å². The molecule has 0 amide bonds. The number of hydrogen-bond donors (Lipinski definition) is 0. The highest BCUT2D eigenvalue weighted by Gasteiger charge is 2.47. The number of anilines is 2. The fourth-order valence-corrected chi connectivity index (χ4v) is 7.72. The van der Waals surface area contributed by atoms with E-state index < -0.39 is 0 Å². The molecule has 1 aromatic rings. The SMILES string of the molecule is CCN(c1nc(C)nc(N(CC)C2CC(C)(C)N(CC)C(C)(C)C2)n1)C1CC(C)(C)N(C)C(C)(C)C1. The maximum atomic E-state index is 5.18. The molecular weight excluding hydrogens is 446 g/mol. The van der Waals surface area contributed by atoms with E-state index in [0.29, 0.717) is 12.1 Å². The minimum absolute atomic E-state index is 0.116. The Kier molecular flexibility index (Phi) is 8.09. The van der Waals surface area contributed by atoms with Crippen LogP contribution < -0.4 is 9.80 Å². The maximum Gasteiger partial charge on any atom is 0.230 e. The van der Waals surface area contributed by atoms with Crippen LogP contribution in [-0.4, -0.2) is 85.7 Å². The molecule has 0 bridgehead atoms. The summed E-state index contributed by atoms with van der Waals surface area (Å²) in [6.07, 6.45) is 4.40. The van der Waals surface area contributed by atoms with Gasteiger partial charge in [0.15, 0.2) is 0 Å². The van der Waals surface area contributed by atoms with Crippen LogP contribution in [-0.2, 0) is 0 Å². The Balaban J connectivity index is 1.96. The normalized spacial score (nSPS) is 24.6. The Bertz CT molecular complexity index is 871. The van der Waals surface area contributed by atoms with Crippen LogP contribution in [0.4, 0.5) is 11.9 Å². The van der Waals surface area contributed by atoms with E-state index in [1.807, 2.05) is 6.92 Å². The third-order valence-electron chi connectivity index (χ3n) is 9.33. The Morgan fingerprint density at radius 1 is 0.667 bits per heavy atom. The lowest BCUT2D eigenvalue weighted by Gasteiger charge is -2.57. The number of nitrogens with zero attached hydrogens (tertiary/aromatic N) is 7. The summed E-state index contributed by atoms with van der Waals surface area (Å²) in [5, 5.41) is 0. The van der Waals surface area contributed by atoms with Crippen LogP contribution >= 0.6 is 0 Å². The number of aryl methyl sites for hydroxylation is 1. The molecule has 3 rings (SSSR count). The lowest BCUT2D eigenvalue weighted by Crippen LogP contribution is -2.64. The first-order chi connectivity index (χ1) is 16.5. The van der Waals surface area contributed by atoms with Crippen LogP contribution in [0.5, 0.6) is 0 Å². The van der Waals surface area contributed by atoms with Gasteiger partial charge in [-0.05, 0) is 115 Å². The van der Waals surface area contributed by atoms with Crippen molar-refractivity contribution in [3.8, 4) is 0 Å². The molecule has 206 valence electrons. The van der Waals surface area contributed by atoms with Crippen LogP contribution in [0.25, 0.3) is 0 Å². The van der Waals surface area contributed by atoms with Crippen molar-refractivity contribution < 1.29 is 0 Å². The van der Waals surface area contributed by atoms with Gasteiger partial charge in [-0.2, -0.15) is 15.0 Å². The highest BCUT2D eigenvalue weighted by atomic mass is 15.4. The van der Waals surface area contributed by atoms with Crippen LogP contribution in [0, 0.1) is 6.92 Å². The van der Waals surface area contributed by atoms with Gasteiger partial charge in [-0.3, -0.25) is 9.80 Å². The molecule has 0 unspecified atom stereocenters. The van der Waals surface area contributed by atoms with Gasteiger partial charge in [0.1, 0.15) is 5.82 Å². The van der Waals surface area contributed by atoms with Gasteiger partial charge in [0.25, 0.3) is 0 Å². The summed E-state index contributed by atoms with van der Waals surface area (Å²) in [5.74, 6) is 2.48. The Hall–Kier alpha value is -1.47. The number of rotatable bonds is 7. The first kappa shape index (κ1) is 29.1. The van der Waals surface area contributed by atoms with E-state index >= 15 is 0 Å². The molecule has 2 fully saturated rings. The lowest BCUT2D eigenvalue weighted by atomic mass is 9.76. The molecule has 0 N–H and O–H groups in total. The Labute approximate surface area is 222 Å². The maximum absolute atomic E-state index is 5.18. The topological polar surface area (TPSA) is 51.6 Å². The average molecular weight is 502 g/mol. The fourth-order valence-electron chi connectivity index (χ4n) is 7.72. The predicted octanol–water partition coefficient (Wildman–Crippen LogP) is 5.53. The molecule has 0 radical (unpaired) electrons. The summed E-state index contributed by atoms with van der Waals surface area (Å²) in [5.41, 5.74) is 0.482. The largest absolute Gasteiger partial charge is 0.338 e. The van der Waals surface area contributed by atoms with E-state index in [1.54, 1.807) is 0 Å². The molecule has 36 heavy (non-hydrogen) atoms. The van der Waals surface area contributed by atoms with Gasteiger partial charge in [0.2, 0.25) is 11.9 Å². The van der Waals surface area contributed by atoms with Gasteiger partial charge < -0.3 is 9.80 Å². The van der Waals surface area contributed by atoms with Crippen LogP contribution in [0.3, 0.4) is 0 Å². The molecule has 1 aromatic heterocycles. The van der Waals surface area contributed by atoms with Crippen molar-refractivity contribution in [3.05, 3.63) is 5.82 Å². The second-order valence-corrected chi connectivity index (χ2v) is 13.7. The summed E-state index contributed by atoms with van der Waals surface area (Å²) in [6, 6.07) is 0.792. The molecule has 3 heterocycles. The number of likely N-dealkylation sites (tertiary alicyclic amines) is 2. The van der Waals surface area contributed by atoms with E-state index in [1.165, 1.54) is 0 Å². The average Bonchev–Trinajstić information content (AvgIpc) is 2.71. The van der Waals surface area contributed by atoms with Gasteiger partial charge in [-0.1, -0.05) is 6.92 Å². The molecule has 0 aromatic carbocycles. The van der Waals surface area contributed by atoms with Crippen molar-refractivity contribution in [2.24, 2.45) is 0 Å². The number of hydrogen-bond acceptors (Lipinski definition) is 7. The monoisotopic (exact) mass is 501 g/mol. The van der Waals surface area contributed by atoms with E-state index in [-0.39, 0.29) is 22.2 Å². The van der Waals surface area contributed by atoms with Crippen LogP contribution in [0.15, 0.2) is 0 Å². The fraction of sp³-hybridized carbons (Fsp3) is 0.897. The van der Waals surface area contributed by atoms with Crippen molar-refractivity contribution in [2.45, 2.75) is 143 Å². The Morgan fingerprint density at radius 3 is 1.36 bits per heavy atom. The lowest BCUT2D eigenvalue weighted by molar-refractivity contribution is -0.0315. The van der Waals surface area contributed by atoms with Gasteiger partial charge in [0, 0.05) is 47.3 Å². The van der Waals surface area contributed by atoms with Crippen molar-refractivity contribution in [2.75, 3.05) is 36.5 Å². The molecule has 0 spiro atoms. The molecule has 0 saturated carbocycles. The number of piperidine rings is 2. The third kappa shape index (κ3) is 5.52. The molecule has 2 aliphatic heterocycles. The summed E-state index contributed by atoms with van der Waals surface area (Å²) < 4.78 is 0. The first-order valence-corrected chi connectivity index (χ1v) is 14.3. The summed E-state index contributed by atoms with van der Waals surface area (Å²) >= 11 is 0. The van der Waals surface area contributed by atoms with Crippen molar-refractivity contribution >= 4 is 11.9 Å². The zero-order valence-electron chi connectivity index (χ0n) is 25.7. The van der Waals surface area contributed by atoms with Crippen molar-refractivity contribution in [1.29, 1.82) is 0 Å². The van der Waals surface area contributed by atoms with E-state index in [2.05, 4.69) is 103 Å². The Morgan fingerprint density at radius 2 is 1.03 bits per heavy atom. The highest BCUT2D eigenvalue weighted by molar-refractivity contribution is 5.42. The summed E-state index contributed by atoms with van der Waals surface area (Å²) in [6.45, 7) is 30.7. The molecule has 7 heteroatoms. The van der Waals surface area contributed by atoms with Gasteiger partial charge in [-0.25, -0.2) is 0 Å². The summed E-state index contributed by atoms with van der Waals surface area (Å²) in [4.78, 5) is 25.1. The molecule has 0 aliphatic carbocycles. The number of aromatic nitrogens is 3. The third-order valence-corrected chi connectivity index (χ3v) is 9.33. The van der Waals surface area contributed by atoms with Crippen LogP contribution in [0.2, 0.25) is 0 Å². The molecule has 2 saturated heterocycles. The van der Waals surface area contributed by atoms with Gasteiger partial charge in [0.05, 0.1) is 0 Å². The second kappa shape index (κ2) is 10.0. The summed E-state index contributed by atoms with van der Waals surface area (Å²) in [7, 11) is 2.27. The van der Waals surface area contributed by atoms with Gasteiger partial charge >= 0.3 is 0 Å². The van der Waals surface area contributed by atoms with E-state index in [4.69, 9.17) is 15.0 Å². The minimum Gasteiger partial charge on any atom is -0.338 e. The minimum atomic E-state index is 0.116. The smallest absolute Gasteiger partial charge is 0.230 e. The quantitative estimate of drug-likeness (QED) is 0.487. The molecule has 0 atom stereocenters. The molecule has 7 nitrogen and oxygen atoms in total.